The van der Waals surface area contributed by atoms with Crippen LogP contribution in [0.5, 0.6) is 0 Å². The molecule has 2 aliphatic carbocycles. The molecule has 2 aliphatic rings. The zero-order valence-corrected chi connectivity index (χ0v) is 11.4. The number of carboxylic acid groups (broad SMARTS) is 1. The van der Waals surface area contributed by atoms with E-state index >= 15 is 0 Å². The van der Waals surface area contributed by atoms with Crippen molar-refractivity contribution < 1.29 is 14.7 Å². The first-order valence-corrected chi connectivity index (χ1v) is 7.37. The molecule has 0 aromatic heterocycles. The van der Waals surface area contributed by atoms with E-state index in [1.54, 1.807) is 0 Å². The van der Waals surface area contributed by atoms with E-state index in [0.29, 0.717) is 6.54 Å². The van der Waals surface area contributed by atoms with E-state index in [9.17, 15) is 9.59 Å². The molecule has 2 amide bonds. The standard InChI is InChI=1S/C14H24N2O3/c17-12(18)10-14(7-3-8-14)16-13(19)15-9-6-11-4-1-2-5-11/h11H,1-10H2,(H,17,18)(H2,15,16,19). The average Bonchev–Trinajstić information content (AvgIpc) is 2.78. The molecule has 2 saturated carbocycles. The molecule has 0 saturated heterocycles. The first-order chi connectivity index (χ1) is 9.10. The predicted octanol–water partition coefficient (Wildman–Crippen LogP) is 2.26. The predicted molar refractivity (Wildman–Crippen MR) is 71.9 cm³/mol. The molecule has 2 fully saturated rings. The zero-order valence-electron chi connectivity index (χ0n) is 11.4. The number of hydrogen-bond donors (Lipinski definition) is 3. The third-order valence-corrected chi connectivity index (χ3v) is 4.49. The lowest BCUT2D eigenvalue weighted by Crippen LogP contribution is -2.57. The van der Waals surface area contributed by atoms with Crippen LogP contribution in [0.2, 0.25) is 0 Å². The summed E-state index contributed by atoms with van der Waals surface area (Å²) in [5.74, 6) is -0.0806. The number of carboxylic acids is 1. The van der Waals surface area contributed by atoms with Gasteiger partial charge in [0.25, 0.3) is 0 Å². The van der Waals surface area contributed by atoms with Gasteiger partial charge in [-0.15, -0.1) is 0 Å². The van der Waals surface area contributed by atoms with E-state index in [2.05, 4.69) is 10.6 Å². The third-order valence-electron chi connectivity index (χ3n) is 4.49. The SMILES string of the molecule is O=C(O)CC1(NC(=O)NCCC2CCCC2)CCC1. The first-order valence-electron chi connectivity index (χ1n) is 7.37. The summed E-state index contributed by atoms with van der Waals surface area (Å²) in [6.07, 6.45) is 8.82. The van der Waals surface area contributed by atoms with Crippen molar-refractivity contribution in [3.8, 4) is 0 Å². The van der Waals surface area contributed by atoms with Gasteiger partial charge in [0.05, 0.1) is 12.0 Å². The van der Waals surface area contributed by atoms with E-state index in [1.807, 2.05) is 0 Å². The Balaban J connectivity index is 1.66. The van der Waals surface area contributed by atoms with E-state index in [1.165, 1.54) is 25.7 Å². The summed E-state index contributed by atoms with van der Waals surface area (Å²) in [5, 5.41) is 14.6. The van der Waals surface area contributed by atoms with E-state index in [4.69, 9.17) is 5.11 Å². The van der Waals surface area contributed by atoms with Crippen molar-refractivity contribution >= 4 is 12.0 Å². The second-order valence-corrected chi connectivity index (χ2v) is 6.02. The van der Waals surface area contributed by atoms with Gasteiger partial charge in [-0.2, -0.15) is 0 Å². The van der Waals surface area contributed by atoms with Crippen molar-refractivity contribution in [2.24, 2.45) is 5.92 Å². The van der Waals surface area contributed by atoms with Crippen molar-refractivity contribution in [2.45, 2.75) is 63.3 Å². The lowest BCUT2D eigenvalue weighted by Gasteiger charge is -2.41. The smallest absolute Gasteiger partial charge is 0.315 e. The quantitative estimate of drug-likeness (QED) is 0.691. The Morgan fingerprint density at radius 1 is 1.16 bits per heavy atom. The fourth-order valence-corrected chi connectivity index (χ4v) is 3.21. The molecule has 0 aliphatic heterocycles. The Bertz CT molecular complexity index is 334. The minimum Gasteiger partial charge on any atom is -0.481 e. The zero-order chi connectivity index (χ0) is 13.7. The Hall–Kier alpha value is -1.26. The molecule has 5 nitrogen and oxygen atoms in total. The van der Waals surface area contributed by atoms with Gasteiger partial charge in [0, 0.05) is 6.54 Å². The third kappa shape index (κ3) is 4.11. The van der Waals surface area contributed by atoms with E-state index in [0.717, 1.165) is 31.6 Å². The van der Waals surface area contributed by atoms with Gasteiger partial charge in [-0.05, 0) is 31.6 Å². The van der Waals surface area contributed by atoms with Gasteiger partial charge >= 0.3 is 12.0 Å². The van der Waals surface area contributed by atoms with Crippen molar-refractivity contribution in [3.05, 3.63) is 0 Å². The van der Waals surface area contributed by atoms with Crippen LogP contribution in [0.15, 0.2) is 0 Å². The topological polar surface area (TPSA) is 78.4 Å². The maximum absolute atomic E-state index is 11.8. The van der Waals surface area contributed by atoms with Crippen molar-refractivity contribution in [3.63, 3.8) is 0 Å². The lowest BCUT2D eigenvalue weighted by molar-refractivity contribution is -0.139. The number of rotatable bonds is 6. The second-order valence-electron chi connectivity index (χ2n) is 6.02. The molecule has 0 bridgehead atoms. The van der Waals surface area contributed by atoms with E-state index in [-0.39, 0.29) is 12.5 Å². The maximum Gasteiger partial charge on any atom is 0.315 e. The van der Waals surface area contributed by atoms with E-state index < -0.39 is 11.5 Å². The normalized spacial score (nSPS) is 21.7. The Labute approximate surface area is 114 Å². The molecule has 0 aromatic rings. The maximum atomic E-state index is 11.8. The van der Waals surface area contributed by atoms with Crippen LogP contribution in [0.3, 0.4) is 0 Å². The van der Waals surface area contributed by atoms with Crippen LogP contribution in [0.4, 0.5) is 4.79 Å². The Kier molecular flexibility index (Phi) is 4.66. The molecule has 3 N–H and O–H groups in total. The summed E-state index contributed by atoms with van der Waals surface area (Å²) in [4.78, 5) is 22.6. The summed E-state index contributed by atoms with van der Waals surface area (Å²) in [7, 11) is 0. The van der Waals surface area contributed by atoms with Crippen LogP contribution in [-0.4, -0.2) is 29.2 Å². The molecule has 19 heavy (non-hydrogen) atoms. The number of hydrogen-bond acceptors (Lipinski definition) is 2. The molecule has 5 heteroatoms. The van der Waals surface area contributed by atoms with Crippen LogP contribution in [0.1, 0.15) is 57.8 Å². The van der Waals surface area contributed by atoms with Gasteiger partial charge in [-0.25, -0.2) is 4.79 Å². The van der Waals surface area contributed by atoms with Crippen LogP contribution in [0.25, 0.3) is 0 Å². The van der Waals surface area contributed by atoms with Gasteiger partial charge in [0.1, 0.15) is 0 Å². The summed E-state index contributed by atoms with van der Waals surface area (Å²) in [6.45, 7) is 0.694. The number of carbonyl (C=O) groups excluding carboxylic acids is 1. The highest BCUT2D eigenvalue weighted by Crippen LogP contribution is 2.34. The number of nitrogens with one attached hydrogen (secondary N) is 2. The fraction of sp³-hybridized carbons (Fsp3) is 0.857. The molecule has 2 rings (SSSR count). The average molecular weight is 268 g/mol. The Morgan fingerprint density at radius 3 is 2.37 bits per heavy atom. The van der Waals surface area contributed by atoms with Gasteiger partial charge in [0.15, 0.2) is 0 Å². The molecule has 108 valence electrons. The molecule has 0 spiro atoms. The number of amides is 2. The summed E-state index contributed by atoms with van der Waals surface area (Å²) in [6, 6.07) is -0.209. The summed E-state index contributed by atoms with van der Waals surface area (Å²) < 4.78 is 0. The van der Waals surface area contributed by atoms with Gasteiger partial charge in [-0.3, -0.25) is 4.79 Å². The monoisotopic (exact) mass is 268 g/mol. The first kappa shape index (κ1) is 14.2. The summed E-state index contributed by atoms with van der Waals surface area (Å²) >= 11 is 0. The van der Waals surface area contributed by atoms with Crippen LogP contribution < -0.4 is 10.6 Å². The summed E-state index contributed by atoms with van der Waals surface area (Å²) in [5.41, 5.74) is -0.497. The molecule has 0 heterocycles. The molecular formula is C14H24N2O3. The van der Waals surface area contributed by atoms with Crippen LogP contribution in [0, 0.1) is 5.92 Å². The van der Waals surface area contributed by atoms with Gasteiger partial charge < -0.3 is 15.7 Å². The minimum absolute atomic E-state index is 0.0308. The second kappa shape index (κ2) is 6.26. The largest absolute Gasteiger partial charge is 0.481 e. The Morgan fingerprint density at radius 2 is 1.84 bits per heavy atom. The van der Waals surface area contributed by atoms with Crippen molar-refractivity contribution in [2.75, 3.05) is 6.54 Å². The highest BCUT2D eigenvalue weighted by molar-refractivity contribution is 5.77. The van der Waals surface area contributed by atoms with Crippen LogP contribution >= 0.6 is 0 Å². The molecule has 0 aromatic carbocycles. The highest BCUT2D eigenvalue weighted by Gasteiger charge is 2.40. The molecule has 0 unspecified atom stereocenters. The lowest BCUT2D eigenvalue weighted by atomic mass is 9.74. The highest BCUT2D eigenvalue weighted by atomic mass is 16.4. The molecule has 0 atom stereocenters. The number of urea groups is 1. The number of aliphatic carboxylic acids is 1. The van der Waals surface area contributed by atoms with Gasteiger partial charge in [-0.1, -0.05) is 25.7 Å². The minimum atomic E-state index is -0.842. The van der Waals surface area contributed by atoms with Crippen LogP contribution in [-0.2, 0) is 4.79 Å². The van der Waals surface area contributed by atoms with Gasteiger partial charge in [0.2, 0.25) is 0 Å². The number of carbonyl (C=O) groups is 2. The van der Waals surface area contributed by atoms with Crippen molar-refractivity contribution in [1.82, 2.24) is 10.6 Å². The fourth-order valence-electron chi connectivity index (χ4n) is 3.21. The molecular weight excluding hydrogens is 244 g/mol. The molecule has 0 radical (unpaired) electrons. The van der Waals surface area contributed by atoms with Crippen molar-refractivity contribution in [1.29, 1.82) is 0 Å².